The van der Waals surface area contributed by atoms with E-state index in [1.54, 1.807) is 0 Å². The van der Waals surface area contributed by atoms with Gasteiger partial charge in [-0.3, -0.25) is 0 Å². The molecule has 6 heteroatoms. The maximum Gasteiger partial charge on any atom is 0.227 e. The van der Waals surface area contributed by atoms with Gasteiger partial charge in [0, 0.05) is 51.7 Å². The minimum absolute atomic E-state index is 0.855. The smallest absolute Gasteiger partial charge is 0.227 e. The van der Waals surface area contributed by atoms with E-state index < -0.39 is 0 Å². The first kappa shape index (κ1) is 17.5. The number of hydrogen-bond donors (Lipinski definition) is 0. The maximum atomic E-state index is 4.84. The molecule has 134 valence electrons. The first-order valence-corrected chi connectivity index (χ1v) is 9.30. The van der Waals surface area contributed by atoms with Crippen molar-refractivity contribution in [2.45, 2.75) is 26.7 Å². The van der Waals surface area contributed by atoms with Crippen molar-refractivity contribution in [2.75, 3.05) is 54.0 Å². The van der Waals surface area contributed by atoms with Gasteiger partial charge in [0.1, 0.15) is 11.6 Å². The second-order valence-electron chi connectivity index (χ2n) is 6.36. The van der Waals surface area contributed by atoms with Crippen LogP contribution in [0.2, 0.25) is 0 Å². The second-order valence-corrected chi connectivity index (χ2v) is 6.36. The average molecular weight is 340 g/mol. The van der Waals surface area contributed by atoms with Crippen molar-refractivity contribution in [1.29, 1.82) is 0 Å². The monoisotopic (exact) mass is 340 g/mol. The number of anilines is 3. The molecule has 0 radical (unpaired) electrons. The Kier molecular flexibility index (Phi) is 6.04. The largest absolute Gasteiger partial charge is 0.353 e. The topological polar surface area (TPSA) is 48.4 Å². The van der Waals surface area contributed by atoms with Gasteiger partial charge >= 0.3 is 0 Å². The Morgan fingerprint density at radius 3 is 2.12 bits per heavy atom. The van der Waals surface area contributed by atoms with E-state index in [-0.39, 0.29) is 0 Å². The van der Waals surface area contributed by atoms with Crippen LogP contribution in [0.15, 0.2) is 36.7 Å². The highest BCUT2D eigenvalue weighted by Gasteiger charge is 2.20. The van der Waals surface area contributed by atoms with Crippen molar-refractivity contribution in [3.05, 3.63) is 36.7 Å². The summed E-state index contributed by atoms with van der Waals surface area (Å²) in [6.07, 6.45) is 5.96. The highest BCUT2D eigenvalue weighted by atomic mass is 15.3. The molecule has 1 aliphatic rings. The summed E-state index contributed by atoms with van der Waals surface area (Å²) < 4.78 is 0. The van der Waals surface area contributed by atoms with Crippen LogP contribution in [0.4, 0.5) is 17.6 Å². The Labute approximate surface area is 150 Å². The summed E-state index contributed by atoms with van der Waals surface area (Å²) in [7, 11) is 0. The summed E-state index contributed by atoms with van der Waals surface area (Å²) in [5.41, 5.74) is 0. The Morgan fingerprint density at radius 2 is 1.52 bits per heavy atom. The Balaban J connectivity index is 1.66. The van der Waals surface area contributed by atoms with Crippen molar-refractivity contribution in [3.8, 4) is 0 Å². The quantitative estimate of drug-likeness (QED) is 0.772. The molecule has 0 spiro atoms. The van der Waals surface area contributed by atoms with Crippen molar-refractivity contribution in [2.24, 2.45) is 0 Å². The lowest BCUT2D eigenvalue weighted by Gasteiger charge is -2.36. The van der Waals surface area contributed by atoms with Gasteiger partial charge in [0.25, 0.3) is 0 Å². The van der Waals surface area contributed by atoms with E-state index >= 15 is 0 Å². The molecule has 0 bridgehead atoms. The molecule has 2 aromatic rings. The summed E-state index contributed by atoms with van der Waals surface area (Å²) in [6, 6.07) is 8.10. The first-order valence-electron chi connectivity index (χ1n) is 9.30. The van der Waals surface area contributed by atoms with Gasteiger partial charge in [-0.15, -0.1) is 0 Å². The van der Waals surface area contributed by atoms with Crippen molar-refractivity contribution < 1.29 is 0 Å². The van der Waals surface area contributed by atoms with Crippen LogP contribution in [0.5, 0.6) is 0 Å². The summed E-state index contributed by atoms with van der Waals surface area (Å²) in [5, 5.41) is 0. The van der Waals surface area contributed by atoms with Crippen molar-refractivity contribution in [3.63, 3.8) is 0 Å². The predicted octanol–water partition coefficient (Wildman–Crippen LogP) is 2.82. The fourth-order valence-corrected chi connectivity index (χ4v) is 3.22. The fourth-order valence-electron chi connectivity index (χ4n) is 3.22. The molecule has 0 aliphatic carbocycles. The van der Waals surface area contributed by atoms with Gasteiger partial charge in [0.2, 0.25) is 5.95 Å². The molecule has 0 aromatic carbocycles. The van der Waals surface area contributed by atoms with E-state index in [0.717, 1.165) is 69.7 Å². The van der Waals surface area contributed by atoms with Crippen LogP contribution in [0.25, 0.3) is 0 Å². The zero-order chi connectivity index (χ0) is 17.5. The average Bonchev–Trinajstić information content (AvgIpc) is 2.69. The molecule has 0 N–H and O–H groups in total. The molecule has 6 nitrogen and oxygen atoms in total. The van der Waals surface area contributed by atoms with E-state index in [4.69, 9.17) is 4.98 Å². The molecule has 25 heavy (non-hydrogen) atoms. The molecule has 0 amide bonds. The summed E-state index contributed by atoms with van der Waals surface area (Å²) in [6.45, 7) is 10.2. The standard InChI is InChI=1S/C19H28N6/c1-3-11-25(12-4-2)19-21-10-8-18(22-19)24-15-13-23(14-16-24)17-7-5-6-9-20-17/h5-10H,3-4,11-16H2,1-2H3. The third kappa shape index (κ3) is 4.38. The molecule has 0 atom stereocenters. The minimum Gasteiger partial charge on any atom is -0.353 e. The first-order chi connectivity index (χ1) is 12.3. The zero-order valence-corrected chi connectivity index (χ0v) is 15.3. The lowest BCUT2D eigenvalue weighted by atomic mass is 10.3. The summed E-state index contributed by atoms with van der Waals surface area (Å²) >= 11 is 0. The predicted molar refractivity (Wildman–Crippen MR) is 103 cm³/mol. The molecule has 2 aromatic heterocycles. The molecule has 1 fully saturated rings. The molecule has 1 aliphatic heterocycles. The van der Waals surface area contributed by atoms with E-state index in [2.05, 4.69) is 44.6 Å². The fraction of sp³-hybridized carbons (Fsp3) is 0.526. The van der Waals surface area contributed by atoms with Crippen LogP contribution in [-0.4, -0.2) is 54.2 Å². The summed E-state index contributed by atoms with van der Waals surface area (Å²) in [5.74, 6) is 2.94. The van der Waals surface area contributed by atoms with Gasteiger partial charge in [-0.1, -0.05) is 19.9 Å². The zero-order valence-electron chi connectivity index (χ0n) is 15.3. The highest BCUT2D eigenvalue weighted by molar-refractivity contribution is 5.47. The maximum absolute atomic E-state index is 4.84. The number of hydrogen-bond acceptors (Lipinski definition) is 6. The lowest BCUT2D eigenvalue weighted by molar-refractivity contribution is 0.639. The number of aromatic nitrogens is 3. The molecule has 3 rings (SSSR count). The number of piperazine rings is 1. The van der Waals surface area contributed by atoms with Crippen LogP contribution >= 0.6 is 0 Å². The molecule has 1 saturated heterocycles. The second kappa shape index (κ2) is 8.65. The van der Waals surface area contributed by atoms with E-state index in [1.165, 1.54) is 0 Å². The Hall–Kier alpha value is -2.37. The highest BCUT2D eigenvalue weighted by Crippen LogP contribution is 2.19. The van der Waals surface area contributed by atoms with Crippen LogP contribution in [0.3, 0.4) is 0 Å². The number of nitrogens with zero attached hydrogens (tertiary/aromatic N) is 6. The van der Waals surface area contributed by atoms with Crippen LogP contribution in [0.1, 0.15) is 26.7 Å². The van der Waals surface area contributed by atoms with Gasteiger partial charge in [0.05, 0.1) is 0 Å². The van der Waals surface area contributed by atoms with E-state index in [0.29, 0.717) is 0 Å². The van der Waals surface area contributed by atoms with Gasteiger partial charge in [-0.25, -0.2) is 9.97 Å². The van der Waals surface area contributed by atoms with Gasteiger partial charge in [-0.2, -0.15) is 4.98 Å². The van der Waals surface area contributed by atoms with E-state index in [9.17, 15) is 0 Å². The molecular formula is C19H28N6. The third-order valence-corrected chi connectivity index (χ3v) is 4.47. The van der Waals surface area contributed by atoms with Crippen LogP contribution < -0.4 is 14.7 Å². The van der Waals surface area contributed by atoms with Crippen LogP contribution in [0, 0.1) is 0 Å². The molecule has 0 saturated carbocycles. The molecule has 0 unspecified atom stereocenters. The van der Waals surface area contributed by atoms with Crippen molar-refractivity contribution in [1.82, 2.24) is 15.0 Å². The number of rotatable bonds is 7. The lowest BCUT2D eigenvalue weighted by Crippen LogP contribution is -2.47. The van der Waals surface area contributed by atoms with Crippen LogP contribution in [-0.2, 0) is 0 Å². The van der Waals surface area contributed by atoms with Gasteiger partial charge in [-0.05, 0) is 31.0 Å². The normalized spacial score (nSPS) is 14.6. The van der Waals surface area contributed by atoms with Gasteiger partial charge < -0.3 is 14.7 Å². The SMILES string of the molecule is CCCN(CCC)c1nccc(N2CCN(c3ccccn3)CC2)n1. The molecular weight excluding hydrogens is 312 g/mol. The Morgan fingerprint density at radius 1 is 0.840 bits per heavy atom. The Bertz CT molecular complexity index is 633. The van der Waals surface area contributed by atoms with E-state index in [1.807, 2.05) is 30.6 Å². The van der Waals surface area contributed by atoms with Crippen molar-refractivity contribution >= 4 is 17.6 Å². The third-order valence-electron chi connectivity index (χ3n) is 4.47. The summed E-state index contributed by atoms with van der Waals surface area (Å²) in [4.78, 5) is 20.8. The van der Waals surface area contributed by atoms with Gasteiger partial charge in [0.15, 0.2) is 0 Å². The molecule has 3 heterocycles. The minimum atomic E-state index is 0.855. The number of pyridine rings is 1.